The number of hydrogen-bond acceptors (Lipinski definition) is 5. The lowest BCUT2D eigenvalue weighted by Gasteiger charge is -2.43. The highest BCUT2D eigenvalue weighted by Gasteiger charge is 2.77. The zero-order valence-electron chi connectivity index (χ0n) is 25.1. The molecule has 3 heterocycles. The summed E-state index contributed by atoms with van der Waals surface area (Å²) in [7, 11) is 0. The quantitative estimate of drug-likeness (QED) is 0.330. The van der Waals surface area contributed by atoms with Crippen molar-refractivity contribution in [2.75, 3.05) is 26.2 Å². The van der Waals surface area contributed by atoms with E-state index in [9.17, 15) is 19.5 Å². The second-order valence-corrected chi connectivity index (χ2v) is 13.5. The first-order chi connectivity index (χ1) is 19.7. The summed E-state index contributed by atoms with van der Waals surface area (Å²) in [5.74, 6) is -1.35. The van der Waals surface area contributed by atoms with Gasteiger partial charge in [0.15, 0.2) is 0 Å². The molecule has 3 amide bonds. The van der Waals surface area contributed by atoms with Gasteiger partial charge < -0.3 is 19.8 Å². The van der Waals surface area contributed by atoms with E-state index in [-0.39, 0.29) is 41.4 Å². The molecule has 7 nitrogen and oxygen atoms in total. The zero-order chi connectivity index (χ0) is 29.9. The van der Waals surface area contributed by atoms with E-state index >= 15 is 0 Å². The predicted molar refractivity (Wildman–Crippen MR) is 165 cm³/mol. The van der Waals surface area contributed by atoms with E-state index in [4.69, 9.17) is 0 Å². The Morgan fingerprint density at radius 1 is 1.15 bits per heavy atom. The third-order valence-electron chi connectivity index (χ3n) is 9.58. The van der Waals surface area contributed by atoms with Crippen LogP contribution in [0.25, 0.3) is 0 Å². The summed E-state index contributed by atoms with van der Waals surface area (Å²) in [6, 6.07) is 8.56. The standard InChI is InChI=1S/C33H47N3O4S/c1-7-16-34(17-8-2)30(38)27-26-19-23(6)33(41-26)28(27)31(39)36(25(21-37)22(5)10-4)29(33)32(40)35(18-9-3)20-24-14-12-11-13-15-24/h7,9,11-15,22-23,25-29,37H,1,3,8,10,16-21H2,2,4-6H3/t22-,23?,25-,26+,27-,28-,29?,33?/m0/s1. The van der Waals surface area contributed by atoms with Crippen LogP contribution in [-0.2, 0) is 20.9 Å². The maximum absolute atomic E-state index is 14.8. The smallest absolute Gasteiger partial charge is 0.247 e. The van der Waals surface area contributed by atoms with Crippen molar-refractivity contribution in [1.82, 2.24) is 14.7 Å². The van der Waals surface area contributed by atoms with Crippen LogP contribution in [-0.4, -0.2) is 85.8 Å². The summed E-state index contributed by atoms with van der Waals surface area (Å²) in [4.78, 5) is 48.9. The number of nitrogens with zero attached hydrogens (tertiary/aromatic N) is 3. The van der Waals surface area contributed by atoms with Crippen molar-refractivity contribution in [2.24, 2.45) is 23.7 Å². The molecule has 3 aliphatic heterocycles. The molecule has 3 saturated heterocycles. The van der Waals surface area contributed by atoms with Crippen LogP contribution < -0.4 is 0 Å². The molecule has 3 fully saturated rings. The second-order valence-electron chi connectivity index (χ2n) is 12.0. The van der Waals surface area contributed by atoms with Crippen LogP contribution >= 0.6 is 11.8 Å². The van der Waals surface area contributed by atoms with Crippen molar-refractivity contribution in [3.63, 3.8) is 0 Å². The van der Waals surface area contributed by atoms with Crippen LogP contribution in [0, 0.1) is 23.7 Å². The number of benzene rings is 1. The number of hydrogen-bond donors (Lipinski definition) is 1. The van der Waals surface area contributed by atoms with Crippen molar-refractivity contribution in [3.8, 4) is 0 Å². The number of amides is 3. The molecular formula is C33H47N3O4S. The molecule has 4 rings (SSSR count). The fourth-order valence-corrected chi connectivity index (χ4v) is 9.88. The summed E-state index contributed by atoms with van der Waals surface area (Å²) in [5, 5.41) is 10.6. The zero-order valence-corrected chi connectivity index (χ0v) is 25.9. The van der Waals surface area contributed by atoms with E-state index in [0.717, 1.165) is 24.8 Å². The highest BCUT2D eigenvalue weighted by Crippen LogP contribution is 2.69. The lowest BCUT2D eigenvalue weighted by atomic mass is 9.65. The van der Waals surface area contributed by atoms with Gasteiger partial charge in [0.25, 0.3) is 0 Å². The number of likely N-dealkylation sites (tertiary alicyclic amines) is 1. The summed E-state index contributed by atoms with van der Waals surface area (Å²) in [6.07, 6.45) is 5.81. The van der Waals surface area contributed by atoms with Gasteiger partial charge >= 0.3 is 0 Å². The first-order valence-electron chi connectivity index (χ1n) is 15.2. The van der Waals surface area contributed by atoms with Crippen molar-refractivity contribution in [1.29, 1.82) is 0 Å². The highest BCUT2D eigenvalue weighted by molar-refractivity contribution is 8.02. The fraction of sp³-hybridized carbons (Fsp3) is 0.606. The van der Waals surface area contributed by atoms with E-state index < -0.39 is 28.7 Å². The molecule has 41 heavy (non-hydrogen) atoms. The van der Waals surface area contributed by atoms with Gasteiger partial charge in [0.1, 0.15) is 6.04 Å². The second kappa shape index (κ2) is 13.2. The Balaban J connectivity index is 1.83. The largest absolute Gasteiger partial charge is 0.394 e. The lowest BCUT2D eigenvalue weighted by Crippen LogP contribution is -2.60. The molecule has 8 heteroatoms. The molecule has 1 aromatic rings. The summed E-state index contributed by atoms with van der Waals surface area (Å²) in [5.41, 5.74) is 0.998. The maximum Gasteiger partial charge on any atom is 0.247 e. The number of carbonyl (C=O) groups is 3. The van der Waals surface area contributed by atoms with E-state index in [1.165, 1.54) is 0 Å². The minimum absolute atomic E-state index is 0.0132. The van der Waals surface area contributed by atoms with E-state index in [1.54, 1.807) is 33.7 Å². The normalized spacial score (nSPS) is 29.6. The number of thioether (sulfide) groups is 1. The third kappa shape index (κ3) is 5.38. The number of aliphatic hydroxyl groups excluding tert-OH is 1. The molecule has 0 radical (unpaired) electrons. The van der Waals surface area contributed by atoms with Crippen molar-refractivity contribution >= 4 is 29.5 Å². The van der Waals surface area contributed by atoms with Gasteiger partial charge in [0, 0.05) is 31.4 Å². The molecule has 0 aromatic heterocycles. The molecule has 1 spiro atoms. The molecular weight excluding hydrogens is 534 g/mol. The molecule has 0 saturated carbocycles. The average Bonchev–Trinajstić information content (AvgIpc) is 3.56. The monoisotopic (exact) mass is 581 g/mol. The van der Waals surface area contributed by atoms with Crippen molar-refractivity contribution in [3.05, 3.63) is 61.2 Å². The summed E-state index contributed by atoms with van der Waals surface area (Å²) >= 11 is 1.69. The Bertz CT molecular complexity index is 1130. The van der Waals surface area contributed by atoms with Gasteiger partial charge in [0.2, 0.25) is 17.7 Å². The van der Waals surface area contributed by atoms with Crippen LogP contribution in [0.5, 0.6) is 0 Å². The Kier molecular flexibility index (Phi) is 10.1. The first-order valence-corrected chi connectivity index (χ1v) is 16.0. The number of rotatable bonds is 14. The third-order valence-corrected chi connectivity index (χ3v) is 11.7. The van der Waals surface area contributed by atoms with Crippen molar-refractivity contribution < 1.29 is 19.5 Å². The first kappa shape index (κ1) is 31.4. The Morgan fingerprint density at radius 3 is 2.39 bits per heavy atom. The van der Waals surface area contributed by atoms with E-state index in [1.807, 2.05) is 56.0 Å². The minimum atomic E-state index is -0.767. The number of carbonyl (C=O) groups excluding carboxylic acids is 3. The maximum atomic E-state index is 14.8. The van der Waals surface area contributed by atoms with Gasteiger partial charge in [-0.15, -0.1) is 24.9 Å². The van der Waals surface area contributed by atoms with Crippen LogP contribution in [0.4, 0.5) is 0 Å². The molecule has 1 N–H and O–H groups in total. The molecule has 3 unspecified atom stereocenters. The van der Waals surface area contributed by atoms with Gasteiger partial charge in [-0.25, -0.2) is 0 Å². The van der Waals surface area contributed by atoms with Gasteiger partial charge in [-0.05, 0) is 30.2 Å². The minimum Gasteiger partial charge on any atom is -0.394 e. The van der Waals surface area contributed by atoms with Gasteiger partial charge in [-0.3, -0.25) is 14.4 Å². The summed E-state index contributed by atoms with van der Waals surface area (Å²) in [6.45, 7) is 17.6. The SMILES string of the molecule is C=CCN(Cc1ccccc1)C(=O)C1N([C@@H](CO)[C@@H](C)CC)C(=O)[C@@H]2[C@@H](C(=O)N(CC=C)CCC)[C@H]3CC(C)C12S3. The molecule has 2 bridgehead atoms. The van der Waals surface area contributed by atoms with Gasteiger partial charge in [0.05, 0.1) is 29.2 Å². The average molecular weight is 582 g/mol. The molecule has 1 aromatic carbocycles. The van der Waals surface area contributed by atoms with Crippen LogP contribution in [0.1, 0.15) is 52.5 Å². The van der Waals surface area contributed by atoms with Crippen LogP contribution in [0.3, 0.4) is 0 Å². The Hall–Kier alpha value is -2.58. The number of fused-ring (bicyclic) bond motifs is 1. The van der Waals surface area contributed by atoms with Gasteiger partial charge in [-0.1, -0.05) is 76.6 Å². The Morgan fingerprint density at radius 2 is 1.80 bits per heavy atom. The fourth-order valence-electron chi connectivity index (χ4n) is 7.49. The van der Waals surface area contributed by atoms with Crippen LogP contribution in [0.15, 0.2) is 55.6 Å². The Labute approximate surface area is 250 Å². The molecule has 3 aliphatic rings. The van der Waals surface area contributed by atoms with E-state index in [0.29, 0.717) is 26.2 Å². The van der Waals surface area contributed by atoms with E-state index in [2.05, 4.69) is 20.1 Å². The van der Waals surface area contributed by atoms with Crippen molar-refractivity contribution in [2.45, 2.75) is 75.6 Å². The predicted octanol–water partition coefficient (Wildman–Crippen LogP) is 4.37. The summed E-state index contributed by atoms with van der Waals surface area (Å²) < 4.78 is -0.734. The van der Waals surface area contributed by atoms with Gasteiger partial charge in [-0.2, -0.15) is 0 Å². The molecule has 0 aliphatic carbocycles. The lowest BCUT2D eigenvalue weighted by molar-refractivity contribution is -0.148. The topological polar surface area (TPSA) is 81.2 Å². The number of aliphatic hydroxyl groups is 1. The molecule has 8 atom stereocenters. The molecule has 224 valence electrons. The van der Waals surface area contributed by atoms with Crippen LogP contribution in [0.2, 0.25) is 0 Å². The highest BCUT2D eigenvalue weighted by atomic mass is 32.2.